The topological polar surface area (TPSA) is 54.0 Å². The van der Waals surface area contributed by atoms with E-state index in [0.29, 0.717) is 12.5 Å². The molecule has 1 fully saturated rings. The fourth-order valence-corrected chi connectivity index (χ4v) is 4.15. The molecule has 1 saturated heterocycles. The average Bonchev–Trinajstić information content (AvgIpc) is 3.00. The predicted molar refractivity (Wildman–Crippen MR) is 89.5 cm³/mol. The van der Waals surface area contributed by atoms with Crippen molar-refractivity contribution in [3.05, 3.63) is 10.6 Å². The van der Waals surface area contributed by atoms with Gasteiger partial charge in [0.2, 0.25) is 5.91 Å². The van der Waals surface area contributed by atoms with Crippen LogP contribution in [-0.2, 0) is 17.6 Å². The number of fused-ring (bicyclic) bond motifs is 1. The van der Waals surface area contributed by atoms with E-state index < -0.39 is 0 Å². The molecule has 4 nitrogen and oxygen atoms in total. The first kappa shape index (κ1) is 16.7. The van der Waals surface area contributed by atoms with Gasteiger partial charge < -0.3 is 10.6 Å². The van der Waals surface area contributed by atoms with Gasteiger partial charge >= 0.3 is 0 Å². The molecule has 1 aromatic heterocycles. The largest absolute Gasteiger partial charge is 0.313 e. The summed E-state index contributed by atoms with van der Waals surface area (Å²) in [5.41, 5.74) is 1.23. The van der Waals surface area contributed by atoms with Gasteiger partial charge in [-0.05, 0) is 45.1 Å². The molecule has 6 heteroatoms. The monoisotopic (exact) mass is 329 g/mol. The van der Waals surface area contributed by atoms with Crippen LogP contribution in [0.2, 0.25) is 0 Å². The van der Waals surface area contributed by atoms with Gasteiger partial charge in [0.05, 0.1) is 5.69 Å². The molecule has 1 amide bonds. The van der Waals surface area contributed by atoms with Crippen LogP contribution in [0.25, 0.3) is 0 Å². The normalized spacial score (nSPS) is 21.8. The van der Waals surface area contributed by atoms with E-state index in [9.17, 15) is 4.79 Å². The summed E-state index contributed by atoms with van der Waals surface area (Å²) in [4.78, 5) is 18.1. The number of rotatable bonds is 3. The Bertz CT molecular complexity index is 446. The molecule has 3 rings (SSSR count). The van der Waals surface area contributed by atoms with Crippen molar-refractivity contribution in [2.75, 3.05) is 11.9 Å². The molecule has 21 heavy (non-hydrogen) atoms. The molecule has 0 bridgehead atoms. The van der Waals surface area contributed by atoms with Gasteiger partial charge in [0.1, 0.15) is 0 Å². The number of aromatic nitrogens is 1. The van der Waals surface area contributed by atoms with E-state index in [2.05, 4.69) is 15.6 Å². The molecule has 1 unspecified atom stereocenters. The highest BCUT2D eigenvalue weighted by atomic mass is 35.5. The summed E-state index contributed by atoms with van der Waals surface area (Å²) >= 11 is 1.68. The summed E-state index contributed by atoms with van der Waals surface area (Å²) in [5.74, 6) is 0.103. The van der Waals surface area contributed by atoms with Gasteiger partial charge in [0.15, 0.2) is 5.13 Å². The molecule has 1 aliphatic carbocycles. The fourth-order valence-electron chi connectivity index (χ4n) is 3.08. The van der Waals surface area contributed by atoms with Crippen molar-refractivity contribution in [3.8, 4) is 0 Å². The van der Waals surface area contributed by atoms with Crippen LogP contribution in [0.1, 0.15) is 55.5 Å². The summed E-state index contributed by atoms with van der Waals surface area (Å²) in [6, 6.07) is 0.357. The summed E-state index contributed by atoms with van der Waals surface area (Å²) in [5, 5.41) is 7.16. The summed E-state index contributed by atoms with van der Waals surface area (Å²) in [7, 11) is 0. The third-order valence-corrected chi connectivity index (χ3v) is 5.26. The number of nitrogens with zero attached hydrogens (tertiary/aromatic N) is 1. The summed E-state index contributed by atoms with van der Waals surface area (Å²) in [6.07, 6.45) is 10.2. The molecule has 2 heterocycles. The zero-order chi connectivity index (χ0) is 13.8. The zero-order valence-electron chi connectivity index (χ0n) is 12.3. The number of aryl methyl sites for hydroxylation is 2. The fraction of sp³-hybridized carbons (Fsp3) is 0.733. The van der Waals surface area contributed by atoms with Crippen molar-refractivity contribution in [3.63, 3.8) is 0 Å². The minimum absolute atomic E-state index is 0. The van der Waals surface area contributed by atoms with Crippen molar-refractivity contribution in [2.24, 2.45) is 0 Å². The van der Waals surface area contributed by atoms with Crippen molar-refractivity contribution >= 4 is 34.8 Å². The van der Waals surface area contributed by atoms with Gasteiger partial charge in [-0.15, -0.1) is 23.7 Å². The second-order valence-electron chi connectivity index (χ2n) is 5.85. The van der Waals surface area contributed by atoms with Crippen molar-refractivity contribution in [1.29, 1.82) is 0 Å². The Morgan fingerprint density at radius 3 is 2.81 bits per heavy atom. The highest BCUT2D eigenvalue weighted by Gasteiger charge is 2.19. The third-order valence-electron chi connectivity index (χ3n) is 4.19. The van der Waals surface area contributed by atoms with Crippen molar-refractivity contribution in [2.45, 2.75) is 63.8 Å². The Labute approximate surface area is 136 Å². The van der Waals surface area contributed by atoms with E-state index in [-0.39, 0.29) is 18.3 Å². The van der Waals surface area contributed by atoms with Crippen LogP contribution < -0.4 is 10.6 Å². The molecule has 1 aromatic rings. The van der Waals surface area contributed by atoms with Gasteiger partial charge in [-0.1, -0.05) is 12.8 Å². The zero-order valence-corrected chi connectivity index (χ0v) is 14.0. The minimum Gasteiger partial charge on any atom is -0.313 e. The van der Waals surface area contributed by atoms with E-state index >= 15 is 0 Å². The molecule has 2 N–H and O–H groups in total. The van der Waals surface area contributed by atoms with Gasteiger partial charge in [0, 0.05) is 17.3 Å². The van der Waals surface area contributed by atoms with E-state index in [1.165, 1.54) is 42.7 Å². The van der Waals surface area contributed by atoms with Crippen molar-refractivity contribution < 1.29 is 4.79 Å². The predicted octanol–water partition coefficient (Wildman–Crippen LogP) is 3.30. The molecule has 0 aromatic carbocycles. The molecule has 0 saturated carbocycles. The lowest BCUT2D eigenvalue weighted by Crippen LogP contribution is -2.27. The molecule has 0 radical (unpaired) electrons. The molecule has 2 aliphatic rings. The minimum atomic E-state index is 0. The number of hydrogen-bond acceptors (Lipinski definition) is 4. The Morgan fingerprint density at radius 2 is 2.05 bits per heavy atom. The van der Waals surface area contributed by atoms with Crippen molar-refractivity contribution in [1.82, 2.24) is 10.3 Å². The first-order valence-corrected chi connectivity index (χ1v) is 8.65. The Balaban J connectivity index is 0.00000161. The maximum atomic E-state index is 12.0. The SMILES string of the molecule is Cl.O=C(CC1CCCN1)Nc1nc2c(s1)CCCCCC2. The lowest BCUT2D eigenvalue weighted by atomic mass is 10.0. The number of halogens is 1. The van der Waals surface area contributed by atoms with Gasteiger partial charge in [0.25, 0.3) is 0 Å². The molecule has 118 valence electrons. The molecule has 1 aliphatic heterocycles. The van der Waals surface area contributed by atoms with Crippen LogP contribution in [0.5, 0.6) is 0 Å². The van der Waals surface area contributed by atoms with Crippen LogP contribution >= 0.6 is 23.7 Å². The maximum Gasteiger partial charge on any atom is 0.227 e. The molecular weight excluding hydrogens is 306 g/mol. The third kappa shape index (κ3) is 4.66. The van der Waals surface area contributed by atoms with Crippen LogP contribution in [0.15, 0.2) is 0 Å². The van der Waals surface area contributed by atoms with Crippen LogP contribution in [0.4, 0.5) is 5.13 Å². The Kier molecular flexibility index (Phi) is 6.45. The standard InChI is InChI=1S/C15H23N3OS.ClH/c19-14(10-11-6-5-9-16-11)18-15-17-12-7-3-1-2-4-8-13(12)20-15;/h11,16H,1-10H2,(H,17,18,19);1H. The number of anilines is 1. The first-order chi connectivity index (χ1) is 9.81. The smallest absolute Gasteiger partial charge is 0.227 e. The van der Waals surface area contributed by atoms with E-state index in [4.69, 9.17) is 0 Å². The lowest BCUT2D eigenvalue weighted by Gasteiger charge is -2.08. The number of thiazole rings is 1. The van der Waals surface area contributed by atoms with Crippen LogP contribution in [0, 0.1) is 0 Å². The second-order valence-corrected chi connectivity index (χ2v) is 6.93. The van der Waals surface area contributed by atoms with Gasteiger partial charge in [-0.25, -0.2) is 4.98 Å². The second kappa shape index (κ2) is 8.11. The quantitative estimate of drug-likeness (QED) is 0.894. The van der Waals surface area contributed by atoms with Gasteiger partial charge in [-0.2, -0.15) is 0 Å². The summed E-state index contributed by atoms with van der Waals surface area (Å²) in [6.45, 7) is 1.05. The lowest BCUT2D eigenvalue weighted by molar-refractivity contribution is -0.116. The Hall–Kier alpha value is -0.650. The number of hydrogen-bond donors (Lipinski definition) is 2. The van der Waals surface area contributed by atoms with Crippen LogP contribution in [-0.4, -0.2) is 23.5 Å². The molecule has 0 spiro atoms. The maximum absolute atomic E-state index is 12.0. The first-order valence-electron chi connectivity index (χ1n) is 7.83. The number of carbonyl (C=O) groups is 1. The van der Waals surface area contributed by atoms with Crippen LogP contribution in [0.3, 0.4) is 0 Å². The number of carbonyl (C=O) groups excluding carboxylic acids is 1. The highest BCUT2D eigenvalue weighted by molar-refractivity contribution is 7.15. The average molecular weight is 330 g/mol. The number of nitrogens with one attached hydrogen (secondary N) is 2. The van der Waals surface area contributed by atoms with E-state index in [1.807, 2.05) is 0 Å². The van der Waals surface area contributed by atoms with E-state index in [0.717, 1.165) is 30.9 Å². The highest BCUT2D eigenvalue weighted by Crippen LogP contribution is 2.28. The summed E-state index contributed by atoms with van der Waals surface area (Å²) < 4.78 is 0. The number of amides is 1. The van der Waals surface area contributed by atoms with E-state index in [1.54, 1.807) is 11.3 Å². The molecular formula is C15H24ClN3OS. The van der Waals surface area contributed by atoms with Gasteiger partial charge in [-0.3, -0.25) is 4.79 Å². The molecule has 1 atom stereocenters. The Morgan fingerprint density at radius 1 is 1.24 bits per heavy atom.